The number of aromatic hydroxyl groups is 1. The molecule has 3 saturated heterocycles. The van der Waals surface area contributed by atoms with Crippen molar-refractivity contribution in [1.29, 1.82) is 0 Å². The van der Waals surface area contributed by atoms with Gasteiger partial charge in [0.2, 0.25) is 41.4 Å². The molecule has 0 bridgehead atoms. The fourth-order valence-corrected chi connectivity index (χ4v) is 11.7. The van der Waals surface area contributed by atoms with Crippen LogP contribution in [0, 0.1) is 5.92 Å². The van der Waals surface area contributed by atoms with Gasteiger partial charge in [0, 0.05) is 61.5 Å². The van der Waals surface area contributed by atoms with E-state index in [1.54, 1.807) is 24.3 Å². The van der Waals surface area contributed by atoms with Gasteiger partial charge in [-0.1, -0.05) is 64.0 Å². The molecule has 5 aromatic rings. The molecule has 32 nitrogen and oxygen atoms in total. The summed E-state index contributed by atoms with van der Waals surface area (Å²) in [5.74, 6) is -10.6. The highest BCUT2D eigenvalue weighted by molar-refractivity contribution is 7.90. The summed E-state index contributed by atoms with van der Waals surface area (Å²) < 4.78 is 20.8. The van der Waals surface area contributed by atoms with Gasteiger partial charge in [0.15, 0.2) is 11.5 Å². The van der Waals surface area contributed by atoms with E-state index in [4.69, 9.17) is 24.6 Å². The van der Waals surface area contributed by atoms with Crippen molar-refractivity contribution in [1.82, 2.24) is 46.6 Å². The number of ether oxygens (including phenoxy) is 2. The standard InChI is InChI=1S/C59H70N10O22S2/c1-28-26-69-47(48(28)76)55(83)61-25-34(71)22-38(62-51(79)30-9-11-31(12-10-30)56-66-67-57(92-56)32-13-16-37(17-14-32)88-20-6-19-87-36-7-4-3-5-8-36)52(80)63-44(29(2)70)58(84)68-27-35(72)23-39(68)53(81)65-46(54(82)64-45(59(69)85)41(74)24-43(60)75)50(78)49(77)33-15-18-40(73)42(21-33)89-93-91-90-86/h3-5,7-18,21,28-29,34-35,38-39,41,44-50,70-74,76-78,86H,6,19-20,22-27H2,1-2H3,(H2,60,75)(H,61,83)(H,62,79)(H,63,80)(H,64,82)(H,65,81)/t28?,29?,34?,35?,38-,39?,41?,44?,45?,46?,47?,48?,49?,50?/m0/s1. The summed E-state index contributed by atoms with van der Waals surface area (Å²) in [5, 5.41) is 124. The van der Waals surface area contributed by atoms with Gasteiger partial charge in [-0.25, -0.2) is 5.26 Å². The lowest BCUT2D eigenvalue weighted by Gasteiger charge is -2.34. The number of β-amino-alcohol motifs (C(OH)–C–C–N with tert-alkyl or cyclic N) is 1. The Morgan fingerprint density at radius 1 is 0.742 bits per heavy atom. The number of nitrogens with one attached hydrogen (secondary N) is 5. The fraction of sp³-hybridized carbons (Fsp3) is 0.424. The third-order valence-corrected chi connectivity index (χ3v) is 16.8. The minimum Gasteiger partial charge on any atom is -0.504 e. The minimum absolute atomic E-state index is 0.0233. The van der Waals surface area contributed by atoms with E-state index in [2.05, 4.69) is 46.2 Å². The molecule has 0 aliphatic carbocycles. The molecule has 1 aromatic heterocycles. The van der Waals surface area contributed by atoms with Crippen molar-refractivity contribution in [2.45, 2.75) is 119 Å². The van der Waals surface area contributed by atoms with E-state index in [1.165, 1.54) is 30.4 Å². The number of hydrogen-bond donors (Lipinski definition) is 15. The SMILES string of the molecule is CC(O)C1NC(=O)[C@@H](NC(=O)c2ccc(-c3nnc(-c4ccc(OCCCOc5ccccc5)cc4)s3)cc2)CC(O)CNC(=O)C2C(O)C(C)CN2C(=O)C(C(O)CC(N)=O)NC(=O)C(C(O)C(O)c2ccc(O)c(OSOOO)c2)NC(=O)C2CC(O)CN2C1=O. The summed E-state index contributed by atoms with van der Waals surface area (Å²) in [6.07, 6.45) is -15.5. The molecule has 13 unspecified atom stereocenters. The topological polar surface area (TPSA) is 483 Å². The maximum atomic E-state index is 14.7. The molecule has 3 aliphatic rings. The maximum Gasteiger partial charge on any atom is 0.261 e. The van der Waals surface area contributed by atoms with E-state index < -0.39 is 183 Å². The molecule has 34 heteroatoms. The van der Waals surface area contributed by atoms with Gasteiger partial charge in [0.25, 0.3) is 18.2 Å². The number of fused-ring (bicyclic) bond motifs is 2. The van der Waals surface area contributed by atoms with E-state index in [0.717, 1.165) is 46.2 Å². The number of carbonyl (C=O) groups excluding carboxylic acids is 8. The van der Waals surface area contributed by atoms with Crippen LogP contribution in [-0.4, -0.2) is 219 Å². The third-order valence-electron chi connectivity index (χ3n) is 15.4. The summed E-state index contributed by atoms with van der Waals surface area (Å²) in [4.78, 5) is 115. The van der Waals surface area contributed by atoms with E-state index >= 15 is 0 Å². The highest BCUT2D eigenvalue weighted by atomic mass is 32.2. The number of carbonyl (C=O) groups is 8. The second-order valence-electron chi connectivity index (χ2n) is 22.2. The number of benzene rings is 4. The summed E-state index contributed by atoms with van der Waals surface area (Å²) in [7, 11) is 0. The zero-order chi connectivity index (χ0) is 67.2. The molecule has 4 heterocycles. The number of nitrogens with two attached hydrogens (primary N) is 1. The van der Waals surface area contributed by atoms with Crippen molar-refractivity contribution in [2.24, 2.45) is 11.7 Å². The van der Waals surface area contributed by atoms with Gasteiger partial charge in [0.1, 0.15) is 70.0 Å². The average Bonchev–Trinajstić information content (AvgIpc) is 1.72. The number of para-hydroxylation sites is 1. The number of aromatic nitrogens is 2. The lowest BCUT2D eigenvalue weighted by molar-refractivity contribution is -0.433. The van der Waals surface area contributed by atoms with Gasteiger partial charge in [-0.2, -0.15) is 0 Å². The summed E-state index contributed by atoms with van der Waals surface area (Å²) >= 11 is 1.23. The number of phenolic OH excluding ortho intramolecular Hbond substituents is 1. The number of primary amides is 1. The van der Waals surface area contributed by atoms with Gasteiger partial charge in [-0.15, -0.1) is 10.2 Å². The van der Waals surface area contributed by atoms with Crippen molar-refractivity contribution >= 4 is 70.9 Å². The summed E-state index contributed by atoms with van der Waals surface area (Å²) in [5.41, 5.74) is 6.32. The Labute approximate surface area is 538 Å². The molecule has 8 amide bonds. The number of nitrogens with zero attached hydrogens (tertiary/aromatic N) is 4. The van der Waals surface area contributed by atoms with Gasteiger partial charge >= 0.3 is 0 Å². The highest BCUT2D eigenvalue weighted by Gasteiger charge is 2.50. The molecule has 93 heavy (non-hydrogen) atoms. The summed E-state index contributed by atoms with van der Waals surface area (Å²) in [6.45, 7) is 1.57. The number of rotatable bonds is 21. The van der Waals surface area contributed by atoms with Crippen LogP contribution in [-0.2, 0) is 42.9 Å². The van der Waals surface area contributed by atoms with Crippen LogP contribution in [0.25, 0.3) is 21.1 Å². The van der Waals surface area contributed by atoms with Crippen molar-refractivity contribution in [3.8, 4) is 44.1 Å². The van der Waals surface area contributed by atoms with Gasteiger partial charge in [-0.3, -0.25) is 38.4 Å². The Hall–Kier alpha value is -8.65. The minimum atomic E-state index is -2.53. The Morgan fingerprint density at radius 3 is 1.99 bits per heavy atom. The maximum absolute atomic E-state index is 14.7. The number of aliphatic hydroxyl groups is 7. The molecule has 4 aromatic carbocycles. The van der Waals surface area contributed by atoms with Crippen molar-refractivity contribution in [3.63, 3.8) is 0 Å². The lowest BCUT2D eigenvalue weighted by Crippen LogP contribution is -2.64. The quantitative estimate of drug-likeness (QED) is 0.0165. The van der Waals surface area contributed by atoms with E-state index in [-0.39, 0.29) is 23.5 Å². The van der Waals surface area contributed by atoms with Crippen molar-refractivity contribution in [3.05, 3.63) is 108 Å². The molecule has 8 rings (SSSR count). The lowest BCUT2D eigenvalue weighted by atomic mass is 9.96. The van der Waals surface area contributed by atoms with Crippen molar-refractivity contribution < 1.29 is 107 Å². The van der Waals surface area contributed by atoms with Crippen LogP contribution < -0.4 is 46.0 Å². The zero-order valence-electron chi connectivity index (χ0n) is 49.7. The molecular formula is C59H70N10O22S2. The first kappa shape index (κ1) is 70.2. The monoisotopic (exact) mass is 1330 g/mol. The first-order chi connectivity index (χ1) is 44.4. The molecule has 3 fully saturated rings. The highest BCUT2D eigenvalue weighted by Crippen LogP contribution is 2.35. The molecule has 0 radical (unpaired) electrons. The molecular weight excluding hydrogens is 1260 g/mol. The molecule has 0 spiro atoms. The predicted molar refractivity (Wildman–Crippen MR) is 324 cm³/mol. The van der Waals surface area contributed by atoms with Crippen LogP contribution >= 0.6 is 23.7 Å². The fourth-order valence-electron chi connectivity index (χ4n) is 10.5. The predicted octanol–water partition coefficient (Wildman–Crippen LogP) is -1.90. The Kier molecular flexibility index (Phi) is 24.4. The molecule has 0 saturated carbocycles. The second kappa shape index (κ2) is 32.3. The largest absolute Gasteiger partial charge is 0.504 e. The van der Waals surface area contributed by atoms with Gasteiger partial charge in [0.05, 0.1) is 50.2 Å². The van der Waals surface area contributed by atoms with Crippen LogP contribution in [0.4, 0.5) is 0 Å². The first-order valence-corrected chi connectivity index (χ1v) is 30.6. The number of phenols is 1. The third kappa shape index (κ3) is 17.9. The normalized spacial score (nSPS) is 24.8. The Bertz CT molecular complexity index is 3430. The van der Waals surface area contributed by atoms with Crippen LogP contribution in [0.1, 0.15) is 61.6 Å². The average molecular weight is 1340 g/mol. The van der Waals surface area contributed by atoms with Gasteiger partial charge in [-0.05, 0) is 73.2 Å². The molecule has 16 N–H and O–H groups in total. The van der Waals surface area contributed by atoms with Crippen LogP contribution in [0.5, 0.6) is 23.0 Å². The number of amides is 8. The Balaban J connectivity index is 1.05. The van der Waals surface area contributed by atoms with Crippen LogP contribution in [0.3, 0.4) is 0 Å². The number of aliphatic hydroxyl groups excluding tert-OH is 7. The molecule has 500 valence electrons. The zero-order valence-corrected chi connectivity index (χ0v) is 51.3. The molecule has 3 aliphatic heterocycles. The van der Waals surface area contributed by atoms with E-state index in [9.17, 15) is 79.2 Å². The van der Waals surface area contributed by atoms with Crippen LogP contribution in [0.2, 0.25) is 0 Å². The Morgan fingerprint density at radius 2 is 1.35 bits per heavy atom. The number of hydrogen-bond acceptors (Lipinski definition) is 26. The van der Waals surface area contributed by atoms with Crippen LogP contribution in [0.15, 0.2) is 97.1 Å². The smallest absolute Gasteiger partial charge is 0.261 e. The van der Waals surface area contributed by atoms with Crippen molar-refractivity contribution in [2.75, 3.05) is 32.8 Å². The van der Waals surface area contributed by atoms with Gasteiger partial charge < -0.3 is 96.6 Å². The van der Waals surface area contributed by atoms with E-state index in [1.807, 2.05) is 42.5 Å². The first-order valence-electron chi connectivity index (χ1n) is 29.1. The second-order valence-corrected chi connectivity index (χ2v) is 23.6. The summed E-state index contributed by atoms with van der Waals surface area (Å²) in [6, 6.07) is 13.3. The molecule has 14 atom stereocenters. The van der Waals surface area contributed by atoms with E-state index in [0.29, 0.717) is 41.0 Å².